The van der Waals surface area contributed by atoms with E-state index in [1.807, 2.05) is 0 Å². The highest BCUT2D eigenvalue weighted by molar-refractivity contribution is 7.89. The summed E-state index contributed by atoms with van der Waals surface area (Å²) in [5.41, 5.74) is 0. The first-order chi connectivity index (χ1) is 7.94. The molecule has 1 aromatic heterocycles. The van der Waals surface area contributed by atoms with Crippen molar-refractivity contribution < 1.29 is 18.3 Å². The lowest BCUT2D eigenvalue weighted by Gasteiger charge is -2.20. The van der Waals surface area contributed by atoms with Gasteiger partial charge in [-0.25, -0.2) is 8.42 Å². The maximum absolute atomic E-state index is 12.3. The zero-order valence-corrected chi connectivity index (χ0v) is 10.2. The zero-order valence-electron chi connectivity index (χ0n) is 9.41. The second-order valence-electron chi connectivity index (χ2n) is 4.07. The zero-order chi connectivity index (χ0) is 12.6. The highest BCUT2D eigenvalue weighted by Crippen LogP contribution is 2.26. The van der Waals surface area contributed by atoms with Crippen LogP contribution in [0, 0.1) is 0 Å². The summed E-state index contributed by atoms with van der Waals surface area (Å²) >= 11 is 0. The van der Waals surface area contributed by atoms with Gasteiger partial charge in [-0.3, -0.25) is 4.79 Å². The molecule has 1 fully saturated rings. The van der Waals surface area contributed by atoms with E-state index in [0.717, 1.165) is 4.31 Å². The van der Waals surface area contributed by atoms with Gasteiger partial charge in [0.25, 0.3) is 10.0 Å². The molecule has 1 unspecified atom stereocenters. The monoisotopic (exact) mass is 258 g/mol. The fourth-order valence-electron chi connectivity index (χ4n) is 2.11. The third kappa shape index (κ3) is 1.96. The smallest absolute Gasteiger partial charge is 0.322 e. The molecular weight excluding hydrogens is 244 g/mol. The van der Waals surface area contributed by atoms with Crippen LogP contribution < -0.4 is 0 Å². The van der Waals surface area contributed by atoms with E-state index in [4.69, 9.17) is 5.11 Å². The Morgan fingerprint density at radius 1 is 1.53 bits per heavy atom. The Labute approximate surface area is 99.5 Å². The summed E-state index contributed by atoms with van der Waals surface area (Å²) in [7, 11) is -2.08. The Balaban J connectivity index is 2.40. The Hall–Kier alpha value is -1.34. The Morgan fingerprint density at radius 2 is 2.24 bits per heavy atom. The Kier molecular flexibility index (Phi) is 2.96. The van der Waals surface area contributed by atoms with E-state index in [-0.39, 0.29) is 11.6 Å². The molecule has 0 bridgehead atoms. The van der Waals surface area contributed by atoms with Crippen molar-refractivity contribution in [1.82, 2.24) is 8.87 Å². The topological polar surface area (TPSA) is 79.6 Å². The molecule has 17 heavy (non-hydrogen) atoms. The molecule has 1 N–H and O–H groups in total. The summed E-state index contributed by atoms with van der Waals surface area (Å²) < 4.78 is 27.1. The van der Waals surface area contributed by atoms with Crippen molar-refractivity contribution >= 4 is 16.0 Å². The number of nitrogens with zero attached hydrogens (tertiary/aromatic N) is 2. The van der Waals surface area contributed by atoms with E-state index in [9.17, 15) is 13.2 Å². The summed E-state index contributed by atoms with van der Waals surface area (Å²) in [6, 6.07) is 2.17. The van der Waals surface area contributed by atoms with Gasteiger partial charge in [0.15, 0.2) is 0 Å². The number of hydrogen-bond acceptors (Lipinski definition) is 3. The number of carbonyl (C=O) groups is 1. The fourth-order valence-corrected chi connectivity index (χ4v) is 3.92. The standard InChI is InChI=1S/C10H14N2O4S/c1-11-6-3-5-9(11)17(15,16)12-7-2-4-8(12)10(13)14/h3,5-6,8H,2,4,7H2,1H3,(H,13,14). The lowest BCUT2D eigenvalue weighted by atomic mass is 10.2. The van der Waals surface area contributed by atoms with Gasteiger partial charge in [-0.2, -0.15) is 4.31 Å². The predicted molar refractivity (Wildman–Crippen MR) is 60.0 cm³/mol. The lowest BCUT2D eigenvalue weighted by molar-refractivity contribution is -0.140. The van der Waals surface area contributed by atoms with E-state index in [1.54, 1.807) is 19.3 Å². The van der Waals surface area contributed by atoms with Crippen LogP contribution in [0.4, 0.5) is 0 Å². The summed E-state index contributed by atoms with van der Waals surface area (Å²) in [5, 5.41) is 9.13. The van der Waals surface area contributed by atoms with Crippen LogP contribution >= 0.6 is 0 Å². The van der Waals surface area contributed by atoms with Gasteiger partial charge < -0.3 is 9.67 Å². The van der Waals surface area contributed by atoms with E-state index in [2.05, 4.69) is 0 Å². The van der Waals surface area contributed by atoms with Crippen LogP contribution in [0.2, 0.25) is 0 Å². The summed E-state index contributed by atoms with van der Waals surface area (Å²) in [6.07, 6.45) is 2.58. The highest BCUT2D eigenvalue weighted by Gasteiger charge is 2.40. The Morgan fingerprint density at radius 3 is 2.76 bits per heavy atom. The molecule has 6 nitrogen and oxygen atoms in total. The number of rotatable bonds is 3. The molecule has 2 rings (SSSR count). The van der Waals surface area contributed by atoms with Crippen molar-refractivity contribution in [2.24, 2.45) is 7.05 Å². The van der Waals surface area contributed by atoms with Crippen molar-refractivity contribution in [1.29, 1.82) is 0 Å². The number of aromatic nitrogens is 1. The molecule has 1 atom stereocenters. The van der Waals surface area contributed by atoms with Gasteiger partial charge in [-0.1, -0.05) is 0 Å². The van der Waals surface area contributed by atoms with Gasteiger partial charge >= 0.3 is 5.97 Å². The van der Waals surface area contributed by atoms with Crippen LogP contribution in [0.15, 0.2) is 23.4 Å². The third-order valence-electron chi connectivity index (χ3n) is 2.96. The minimum absolute atomic E-state index is 0.130. The molecule has 7 heteroatoms. The molecule has 1 aliphatic rings. The number of carboxylic acids is 1. The van der Waals surface area contributed by atoms with Gasteiger partial charge in [-0.05, 0) is 25.0 Å². The van der Waals surface area contributed by atoms with Gasteiger partial charge in [-0.15, -0.1) is 0 Å². The van der Waals surface area contributed by atoms with Crippen molar-refractivity contribution in [3.8, 4) is 0 Å². The first-order valence-electron chi connectivity index (χ1n) is 5.30. The van der Waals surface area contributed by atoms with Crippen molar-refractivity contribution in [3.05, 3.63) is 18.3 Å². The van der Waals surface area contributed by atoms with Gasteiger partial charge in [0.05, 0.1) is 0 Å². The lowest BCUT2D eigenvalue weighted by Crippen LogP contribution is -2.40. The maximum atomic E-state index is 12.3. The van der Waals surface area contributed by atoms with Crippen LogP contribution in [-0.4, -0.2) is 41.0 Å². The van der Waals surface area contributed by atoms with Crippen LogP contribution in [0.25, 0.3) is 0 Å². The number of sulfonamides is 1. The molecule has 1 aromatic rings. The predicted octanol–water partition coefficient (Wildman–Crippen LogP) is 0.263. The van der Waals surface area contributed by atoms with Crippen LogP contribution in [-0.2, 0) is 21.9 Å². The van der Waals surface area contributed by atoms with E-state index >= 15 is 0 Å². The second-order valence-corrected chi connectivity index (χ2v) is 5.91. The van der Waals surface area contributed by atoms with Crippen molar-refractivity contribution in [2.75, 3.05) is 6.54 Å². The molecule has 0 saturated carbocycles. The second kappa shape index (κ2) is 4.15. The molecule has 1 aliphatic heterocycles. The van der Waals surface area contributed by atoms with Crippen molar-refractivity contribution in [3.63, 3.8) is 0 Å². The van der Waals surface area contributed by atoms with Crippen LogP contribution in [0.1, 0.15) is 12.8 Å². The van der Waals surface area contributed by atoms with Crippen LogP contribution in [0.5, 0.6) is 0 Å². The number of carboxylic acid groups (broad SMARTS) is 1. The molecule has 0 aliphatic carbocycles. The molecule has 0 aromatic carbocycles. The average Bonchev–Trinajstić information content (AvgIpc) is 2.84. The van der Waals surface area contributed by atoms with Crippen molar-refractivity contribution in [2.45, 2.75) is 23.9 Å². The first-order valence-corrected chi connectivity index (χ1v) is 6.74. The van der Waals surface area contributed by atoms with Gasteiger partial charge in [0.1, 0.15) is 11.1 Å². The highest BCUT2D eigenvalue weighted by atomic mass is 32.2. The number of aliphatic carboxylic acids is 1. The molecular formula is C10H14N2O4S. The van der Waals surface area contributed by atoms with Gasteiger partial charge in [0, 0.05) is 19.8 Å². The van der Waals surface area contributed by atoms with Gasteiger partial charge in [0.2, 0.25) is 0 Å². The quantitative estimate of drug-likeness (QED) is 0.843. The summed E-state index contributed by atoms with van der Waals surface area (Å²) in [6.45, 7) is 0.268. The minimum atomic E-state index is -3.70. The van der Waals surface area contributed by atoms with E-state index in [1.165, 1.54) is 10.6 Å². The molecule has 0 spiro atoms. The number of aryl methyl sites for hydroxylation is 1. The average molecular weight is 258 g/mol. The molecule has 1 saturated heterocycles. The minimum Gasteiger partial charge on any atom is -0.480 e. The van der Waals surface area contributed by atoms with Crippen LogP contribution in [0.3, 0.4) is 0 Å². The largest absolute Gasteiger partial charge is 0.480 e. The third-order valence-corrected chi connectivity index (χ3v) is 4.97. The summed E-state index contributed by atoms with van der Waals surface area (Å²) in [5.74, 6) is -1.08. The van der Waals surface area contributed by atoms with E-state index in [0.29, 0.717) is 12.8 Å². The molecule has 94 valence electrons. The summed E-state index contributed by atoms with van der Waals surface area (Å²) in [4.78, 5) is 11.0. The van der Waals surface area contributed by atoms with E-state index < -0.39 is 22.0 Å². The molecule has 2 heterocycles. The Bertz CT molecular complexity index is 534. The first kappa shape index (κ1) is 12.1. The fraction of sp³-hybridized carbons (Fsp3) is 0.500. The maximum Gasteiger partial charge on any atom is 0.322 e. The normalized spacial score (nSPS) is 21.8. The number of hydrogen-bond donors (Lipinski definition) is 1. The SMILES string of the molecule is Cn1cccc1S(=O)(=O)N1CCCC1C(=O)O. The molecule has 0 radical (unpaired) electrons. The molecule has 0 amide bonds.